The third-order valence-electron chi connectivity index (χ3n) is 6.56. The van der Waals surface area contributed by atoms with Gasteiger partial charge in [-0.1, -0.05) is 37.0 Å². The van der Waals surface area contributed by atoms with Crippen molar-refractivity contribution in [3.8, 4) is 0 Å². The van der Waals surface area contributed by atoms with Crippen LogP contribution in [0.1, 0.15) is 71.7 Å². The molecule has 1 aliphatic carbocycles. The highest BCUT2D eigenvalue weighted by molar-refractivity contribution is 6.23. The Morgan fingerprint density at radius 3 is 2.35 bits per heavy atom. The first-order valence-corrected chi connectivity index (χ1v) is 11.9. The van der Waals surface area contributed by atoms with Crippen molar-refractivity contribution in [1.82, 2.24) is 4.90 Å². The zero-order valence-corrected chi connectivity index (χ0v) is 19.7. The molecule has 0 bridgehead atoms. The Morgan fingerprint density at radius 1 is 1.00 bits per heavy atom. The number of carbonyl (C=O) groups excluding carboxylic acids is 4. The first-order valence-electron chi connectivity index (χ1n) is 11.9. The zero-order valence-electron chi connectivity index (χ0n) is 19.7. The normalized spacial score (nSPS) is 18.8. The van der Waals surface area contributed by atoms with E-state index in [0.717, 1.165) is 42.6 Å². The van der Waals surface area contributed by atoms with E-state index in [1.54, 1.807) is 30.0 Å². The zero-order chi connectivity index (χ0) is 24.2. The minimum Gasteiger partial charge on any atom is -0.462 e. The monoisotopic (exact) mass is 462 g/mol. The Hall–Kier alpha value is -3.48. The number of anilines is 1. The molecule has 178 valence electrons. The Morgan fingerprint density at radius 2 is 1.71 bits per heavy atom. The van der Waals surface area contributed by atoms with Crippen LogP contribution in [0.25, 0.3) is 0 Å². The summed E-state index contributed by atoms with van der Waals surface area (Å²) in [5, 5.41) is 0. The molecule has 1 heterocycles. The lowest BCUT2D eigenvalue weighted by Gasteiger charge is -2.37. The summed E-state index contributed by atoms with van der Waals surface area (Å²) < 4.78 is 5.00. The smallest absolute Gasteiger partial charge is 0.338 e. The van der Waals surface area contributed by atoms with Gasteiger partial charge in [-0.3, -0.25) is 14.4 Å². The van der Waals surface area contributed by atoms with Crippen molar-refractivity contribution in [3.63, 3.8) is 0 Å². The van der Waals surface area contributed by atoms with E-state index in [0.29, 0.717) is 16.8 Å². The molecule has 2 aliphatic rings. The first-order chi connectivity index (χ1) is 16.4. The molecule has 0 radical (unpaired) electrons. The number of amides is 3. The fourth-order valence-electron chi connectivity index (χ4n) is 4.91. The van der Waals surface area contributed by atoms with Crippen LogP contribution in [0.4, 0.5) is 5.69 Å². The molecule has 2 fully saturated rings. The summed E-state index contributed by atoms with van der Waals surface area (Å²) in [5.41, 5.74) is 2.23. The number of hydrogen-bond acceptors (Lipinski definition) is 5. The lowest BCUT2D eigenvalue weighted by atomic mass is 9.92. The molecule has 1 unspecified atom stereocenters. The van der Waals surface area contributed by atoms with Gasteiger partial charge in [-0.15, -0.1) is 0 Å². The highest BCUT2D eigenvalue weighted by Gasteiger charge is 2.46. The van der Waals surface area contributed by atoms with Crippen LogP contribution in [0.5, 0.6) is 0 Å². The Bertz CT molecular complexity index is 1090. The van der Waals surface area contributed by atoms with E-state index in [2.05, 4.69) is 0 Å². The maximum atomic E-state index is 13.7. The van der Waals surface area contributed by atoms with Crippen LogP contribution in [0.2, 0.25) is 0 Å². The molecular formula is C27H30N2O5. The maximum Gasteiger partial charge on any atom is 0.338 e. The molecule has 34 heavy (non-hydrogen) atoms. The number of nitrogens with zero attached hydrogens (tertiary/aromatic N) is 2. The lowest BCUT2D eigenvalue weighted by Crippen LogP contribution is -2.51. The second kappa shape index (κ2) is 10.2. The summed E-state index contributed by atoms with van der Waals surface area (Å²) in [5.74, 6) is -1.42. The minimum absolute atomic E-state index is 0.0491. The van der Waals surface area contributed by atoms with Gasteiger partial charge in [0.05, 0.1) is 24.3 Å². The molecule has 1 saturated carbocycles. The molecule has 0 spiro atoms. The lowest BCUT2D eigenvalue weighted by molar-refractivity contribution is -0.123. The van der Waals surface area contributed by atoms with Crippen LogP contribution in [0.3, 0.4) is 0 Å². The van der Waals surface area contributed by atoms with Crippen LogP contribution in [0, 0.1) is 6.92 Å². The maximum absolute atomic E-state index is 13.7. The predicted molar refractivity (Wildman–Crippen MR) is 128 cm³/mol. The third kappa shape index (κ3) is 4.74. The number of hydrogen-bond donors (Lipinski definition) is 0. The van der Waals surface area contributed by atoms with Gasteiger partial charge < -0.3 is 9.64 Å². The number of carbonyl (C=O) groups is 4. The van der Waals surface area contributed by atoms with E-state index >= 15 is 0 Å². The van der Waals surface area contributed by atoms with E-state index in [9.17, 15) is 19.2 Å². The largest absolute Gasteiger partial charge is 0.462 e. The number of ether oxygens (including phenoxy) is 1. The topological polar surface area (TPSA) is 84.0 Å². The highest BCUT2D eigenvalue weighted by Crippen LogP contribution is 2.32. The van der Waals surface area contributed by atoms with Crippen molar-refractivity contribution in [2.24, 2.45) is 0 Å². The fraction of sp³-hybridized carbons (Fsp3) is 0.407. The molecule has 0 aromatic heterocycles. The number of aryl methyl sites for hydroxylation is 1. The number of esters is 1. The van der Waals surface area contributed by atoms with Gasteiger partial charge in [-0.25, -0.2) is 9.69 Å². The molecule has 7 heteroatoms. The van der Waals surface area contributed by atoms with Gasteiger partial charge in [-0.2, -0.15) is 0 Å². The molecule has 3 amide bonds. The summed E-state index contributed by atoms with van der Waals surface area (Å²) in [6, 6.07) is 12.6. The number of imide groups is 1. The molecule has 1 saturated heterocycles. The minimum atomic E-state index is -0.839. The standard InChI is InChI=1S/C27H30N2O5/c1-3-34-27(33)19-12-14-22(15-13-19)29-24(30)17-23(26(29)32)28(21-10-5-4-6-11-21)25(31)20-9-7-8-18(2)16-20/h7-9,12-16,21,23H,3-6,10-11,17H2,1-2H3. The van der Waals surface area contributed by atoms with Gasteiger partial charge in [0.2, 0.25) is 5.91 Å². The second-order valence-electron chi connectivity index (χ2n) is 8.93. The highest BCUT2D eigenvalue weighted by atomic mass is 16.5. The summed E-state index contributed by atoms with van der Waals surface area (Å²) >= 11 is 0. The van der Waals surface area contributed by atoms with E-state index in [1.165, 1.54) is 12.1 Å². The Labute approximate surface area is 199 Å². The molecule has 2 aromatic rings. The van der Waals surface area contributed by atoms with Crippen LogP contribution < -0.4 is 4.90 Å². The van der Waals surface area contributed by atoms with Crippen molar-refractivity contribution in [1.29, 1.82) is 0 Å². The van der Waals surface area contributed by atoms with Crippen LogP contribution >= 0.6 is 0 Å². The Balaban J connectivity index is 1.62. The number of benzene rings is 2. The average molecular weight is 463 g/mol. The quantitative estimate of drug-likeness (QED) is 0.473. The first kappa shape index (κ1) is 23.7. The van der Waals surface area contributed by atoms with Gasteiger partial charge >= 0.3 is 5.97 Å². The third-order valence-corrected chi connectivity index (χ3v) is 6.56. The van der Waals surface area contributed by atoms with Crippen molar-refractivity contribution < 1.29 is 23.9 Å². The summed E-state index contributed by atoms with van der Waals surface area (Å²) in [6.45, 7) is 3.91. The van der Waals surface area contributed by atoms with Gasteiger partial charge in [-0.05, 0) is 63.1 Å². The second-order valence-corrected chi connectivity index (χ2v) is 8.93. The summed E-state index contributed by atoms with van der Waals surface area (Å²) in [4.78, 5) is 54.9. The molecular weight excluding hydrogens is 432 g/mol. The van der Waals surface area contributed by atoms with E-state index < -0.39 is 17.9 Å². The average Bonchev–Trinajstić information content (AvgIpc) is 3.13. The molecule has 7 nitrogen and oxygen atoms in total. The molecule has 2 aromatic carbocycles. The Kier molecular flexibility index (Phi) is 7.10. The predicted octanol–water partition coefficient (Wildman–Crippen LogP) is 4.28. The van der Waals surface area contributed by atoms with Crippen LogP contribution in [-0.4, -0.2) is 47.3 Å². The van der Waals surface area contributed by atoms with Gasteiger partial charge in [0.1, 0.15) is 6.04 Å². The van der Waals surface area contributed by atoms with E-state index in [1.807, 2.05) is 25.1 Å². The molecule has 1 atom stereocenters. The SMILES string of the molecule is CCOC(=O)c1ccc(N2C(=O)CC(N(C(=O)c3cccc(C)c3)C3CCCCC3)C2=O)cc1. The van der Waals surface area contributed by atoms with Gasteiger partial charge in [0, 0.05) is 11.6 Å². The molecule has 1 aliphatic heterocycles. The van der Waals surface area contributed by atoms with E-state index in [-0.39, 0.29) is 30.9 Å². The van der Waals surface area contributed by atoms with E-state index in [4.69, 9.17) is 4.74 Å². The van der Waals surface area contributed by atoms with Gasteiger partial charge in [0.15, 0.2) is 0 Å². The van der Waals surface area contributed by atoms with Crippen molar-refractivity contribution in [2.75, 3.05) is 11.5 Å². The van der Waals surface area contributed by atoms with Crippen molar-refractivity contribution in [3.05, 3.63) is 65.2 Å². The number of rotatable bonds is 6. The van der Waals surface area contributed by atoms with Crippen molar-refractivity contribution in [2.45, 2.75) is 64.5 Å². The van der Waals surface area contributed by atoms with Crippen molar-refractivity contribution >= 4 is 29.4 Å². The summed E-state index contributed by atoms with van der Waals surface area (Å²) in [6.07, 6.45) is 4.70. The molecule has 0 N–H and O–H groups in total. The summed E-state index contributed by atoms with van der Waals surface area (Å²) in [7, 11) is 0. The fourth-order valence-corrected chi connectivity index (χ4v) is 4.91. The molecule has 4 rings (SSSR count). The van der Waals surface area contributed by atoms with Gasteiger partial charge in [0.25, 0.3) is 11.8 Å². The van der Waals surface area contributed by atoms with Crippen LogP contribution in [-0.2, 0) is 14.3 Å². The van der Waals surface area contributed by atoms with Crippen LogP contribution in [0.15, 0.2) is 48.5 Å².